The van der Waals surface area contributed by atoms with Gasteiger partial charge in [-0.25, -0.2) is 4.39 Å². The van der Waals surface area contributed by atoms with Crippen LogP contribution in [-0.4, -0.2) is 19.4 Å². The number of nitrogens with one attached hydrogen (secondary N) is 1. The zero-order valence-electron chi connectivity index (χ0n) is 9.16. The molecule has 1 aromatic rings. The summed E-state index contributed by atoms with van der Waals surface area (Å²) in [7, 11) is 0. The third kappa shape index (κ3) is 2.30. The summed E-state index contributed by atoms with van der Waals surface area (Å²) in [6, 6.07) is 6.93. The van der Waals surface area contributed by atoms with Gasteiger partial charge in [0.25, 0.3) is 0 Å². The number of rotatable bonds is 3. The van der Waals surface area contributed by atoms with Gasteiger partial charge in [-0.2, -0.15) is 0 Å². The van der Waals surface area contributed by atoms with Gasteiger partial charge >= 0.3 is 0 Å². The van der Waals surface area contributed by atoms with Gasteiger partial charge in [0.2, 0.25) is 0 Å². The Morgan fingerprint density at radius 1 is 1.44 bits per heavy atom. The van der Waals surface area contributed by atoms with Crippen molar-refractivity contribution in [1.29, 1.82) is 0 Å². The molecule has 0 spiro atoms. The van der Waals surface area contributed by atoms with Crippen LogP contribution in [0.4, 0.5) is 4.39 Å². The van der Waals surface area contributed by atoms with Crippen LogP contribution in [0.2, 0.25) is 0 Å². The van der Waals surface area contributed by atoms with Gasteiger partial charge in [0.1, 0.15) is 12.5 Å². The molecule has 2 nitrogen and oxygen atoms in total. The quantitative estimate of drug-likeness (QED) is 0.794. The van der Waals surface area contributed by atoms with Gasteiger partial charge in [-0.1, -0.05) is 24.3 Å². The van der Waals surface area contributed by atoms with Crippen LogP contribution in [0.3, 0.4) is 0 Å². The van der Waals surface area contributed by atoms with E-state index in [4.69, 9.17) is 0 Å². The van der Waals surface area contributed by atoms with Crippen LogP contribution in [0.25, 0.3) is 0 Å². The van der Waals surface area contributed by atoms with Crippen LogP contribution in [0.5, 0.6) is 0 Å². The molecule has 0 amide bonds. The summed E-state index contributed by atoms with van der Waals surface area (Å²) in [4.78, 5) is 10.8. The van der Waals surface area contributed by atoms with Crippen molar-refractivity contribution in [1.82, 2.24) is 5.32 Å². The summed E-state index contributed by atoms with van der Waals surface area (Å²) in [6.07, 6.45) is 1.60. The largest absolute Gasteiger partial charge is 0.316 e. The number of alkyl halides is 1. The monoisotopic (exact) mass is 221 g/mol. The van der Waals surface area contributed by atoms with E-state index < -0.39 is 6.17 Å². The van der Waals surface area contributed by atoms with Crippen LogP contribution in [0.15, 0.2) is 24.3 Å². The fourth-order valence-corrected chi connectivity index (χ4v) is 2.25. The zero-order valence-corrected chi connectivity index (χ0v) is 9.16. The Bertz CT molecular complexity index is 361. The Kier molecular flexibility index (Phi) is 3.67. The van der Waals surface area contributed by atoms with Crippen molar-refractivity contribution in [3.05, 3.63) is 35.4 Å². The molecular weight excluding hydrogens is 205 g/mol. The highest BCUT2D eigenvalue weighted by atomic mass is 19.1. The Morgan fingerprint density at radius 2 is 2.25 bits per heavy atom. The van der Waals surface area contributed by atoms with Gasteiger partial charge < -0.3 is 5.32 Å². The van der Waals surface area contributed by atoms with E-state index in [1.165, 1.54) is 0 Å². The molecule has 3 heteroatoms. The van der Waals surface area contributed by atoms with Crippen LogP contribution in [0, 0.1) is 5.92 Å². The fourth-order valence-electron chi connectivity index (χ4n) is 2.25. The summed E-state index contributed by atoms with van der Waals surface area (Å²) in [6.45, 7) is 1.67. The van der Waals surface area contributed by atoms with Crippen molar-refractivity contribution in [3.63, 3.8) is 0 Å². The second-order valence-corrected chi connectivity index (χ2v) is 4.25. The summed E-state index contributed by atoms with van der Waals surface area (Å²) in [5, 5.41) is 3.19. The maximum absolute atomic E-state index is 14.3. The topological polar surface area (TPSA) is 29.1 Å². The van der Waals surface area contributed by atoms with Crippen molar-refractivity contribution < 1.29 is 9.18 Å². The van der Waals surface area contributed by atoms with Crippen molar-refractivity contribution >= 4 is 6.29 Å². The van der Waals surface area contributed by atoms with E-state index >= 15 is 0 Å². The first-order chi connectivity index (χ1) is 7.83. The third-order valence-electron chi connectivity index (χ3n) is 3.17. The molecule has 1 aliphatic rings. The van der Waals surface area contributed by atoms with Gasteiger partial charge in [-0.3, -0.25) is 4.79 Å². The minimum Gasteiger partial charge on any atom is -0.316 e. The van der Waals surface area contributed by atoms with Crippen LogP contribution >= 0.6 is 0 Å². The molecule has 0 radical (unpaired) electrons. The number of halogens is 1. The Balaban J connectivity index is 2.18. The van der Waals surface area contributed by atoms with Gasteiger partial charge in [0.05, 0.1) is 0 Å². The second-order valence-electron chi connectivity index (χ2n) is 4.25. The fraction of sp³-hybridized carbons (Fsp3) is 0.462. The minimum absolute atomic E-state index is 0.00477. The predicted octanol–water partition coefficient (Wildman–Crippen LogP) is 2.51. The Morgan fingerprint density at radius 3 is 2.94 bits per heavy atom. The number of aldehydes is 1. The molecule has 1 aromatic carbocycles. The molecule has 0 aliphatic carbocycles. The summed E-state index contributed by atoms with van der Waals surface area (Å²) in [5.74, 6) is -0.00477. The van der Waals surface area contributed by atoms with E-state index in [9.17, 15) is 9.18 Å². The predicted molar refractivity (Wildman–Crippen MR) is 61.3 cm³/mol. The van der Waals surface area contributed by atoms with Gasteiger partial charge in [-0.05, 0) is 24.9 Å². The first kappa shape index (κ1) is 11.3. The molecule has 0 saturated carbocycles. The average molecular weight is 221 g/mol. The second kappa shape index (κ2) is 5.21. The average Bonchev–Trinajstić information content (AvgIpc) is 2.39. The number of hydrogen-bond donors (Lipinski definition) is 1. The number of piperidine rings is 1. The highest BCUT2D eigenvalue weighted by Crippen LogP contribution is 2.32. The summed E-state index contributed by atoms with van der Waals surface area (Å²) < 4.78 is 14.3. The lowest BCUT2D eigenvalue weighted by molar-refractivity contribution is 0.111. The van der Waals surface area contributed by atoms with Crippen LogP contribution < -0.4 is 5.32 Å². The van der Waals surface area contributed by atoms with Crippen molar-refractivity contribution in [3.8, 4) is 0 Å². The molecular formula is C13H16FNO. The molecule has 0 aromatic heterocycles. The van der Waals surface area contributed by atoms with Crippen LogP contribution in [-0.2, 0) is 0 Å². The molecule has 1 saturated heterocycles. The normalized spacial score (nSPS) is 22.7. The van der Waals surface area contributed by atoms with E-state index in [1.54, 1.807) is 24.3 Å². The smallest absolute Gasteiger partial charge is 0.150 e. The summed E-state index contributed by atoms with van der Waals surface area (Å²) >= 11 is 0. The first-order valence-electron chi connectivity index (χ1n) is 5.72. The van der Waals surface area contributed by atoms with Gasteiger partial charge in [-0.15, -0.1) is 0 Å². The SMILES string of the molecule is O=Cc1ccccc1C(F)C1CCCNC1. The molecule has 1 N–H and O–H groups in total. The van der Waals surface area contributed by atoms with Crippen LogP contribution in [0.1, 0.15) is 34.9 Å². The van der Waals surface area contributed by atoms with Crippen molar-refractivity contribution in [2.24, 2.45) is 5.92 Å². The van der Waals surface area contributed by atoms with Gasteiger partial charge in [0, 0.05) is 18.0 Å². The minimum atomic E-state index is -1.03. The van der Waals surface area contributed by atoms with Crippen molar-refractivity contribution in [2.75, 3.05) is 13.1 Å². The molecule has 2 atom stereocenters. The third-order valence-corrected chi connectivity index (χ3v) is 3.17. The molecule has 1 fully saturated rings. The zero-order chi connectivity index (χ0) is 11.4. The number of hydrogen-bond acceptors (Lipinski definition) is 2. The van der Waals surface area contributed by atoms with Gasteiger partial charge in [0.15, 0.2) is 0 Å². The number of benzene rings is 1. The first-order valence-corrected chi connectivity index (χ1v) is 5.72. The Hall–Kier alpha value is -1.22. The molecule has 1 aliphatic heterocycles. The van der Waals surface area contributed by atoms with E-state index in [0.29, 0.717) is 17.7 Å². The number of carbonyl (C=O) groups excluding carboxylic acids is 1. The molecule has 1 heterocycles. The van der Waals surface area contributed by atoms with Crippen molar-refractivity contribution in [2.45, 2.75) is 19.0 Å². The standard InChI is InChI=1S/C13H16FNO/c14-13(10-5-3-7-15-8-10)12-6-2-1-4-11(12)9-16/h1-2,4,6,9-10,13,15H,3,5,7-8H2. The molecule has 2 unspecified atom stereocenters. The highest BCUT2D eigenvalue weighted by Gasteiger charge is 2.26. The maximum atomic E-state index is 14.3. The molecule has 2 rings (SSSR count). The van der Waals surface area contributed by atoms with E-state index in [1.807, 2.05) is 0 Å². The lowest BCUT2D eigenvalue weighted by Gasteiger charge is -2.26. The highest BCUT2D eigenvalue weighted by molar-refractivity contribution is 5.77. The maximum Gasteiger partial charge on any atom is 0.150 e. The number of carbonyl (C=O) groups is 1. The molecule has 86 valence electrons. The molecule has 16 heavy (non-hydrogen) atoms. The summed E-state index contributed by atoms with van der Waals surface area (Å²) in [5.41, 5.74) is 1.01. The lowest BCUT2D eigenvalue weighted by Crippen LogP contribution is -2.32. The Labute approximate surface area is 94.9 Å². The lowest BCUT2D eigenvalue weighted by atomic mass is 9.89. The molecule has 0 bridgehead atoms. The van der Waals surface area contributed by atoms with E-state index in [-0.39, 0.29) is 5.92 Å². The van der Waals surface area contributed by atoms with E-state index in [0.717, 1.165) is 25.7 Å². The van der Waals surface area contributed by atoms with E-state index in [2.05, 4.69) is 5.32 Å².